The number of benzene rings is 1. The van der Waals surface area contributed by atoms with Crippen molar-refractivity contribution in [1.29, 1.82) is 0 Å². The summed E-state index contributed by atoms with van der Waals surface area (Å²) in [6, 6.07) is 7.64. The highest BCUT2D eigenvalue weighted by molar-refractivity contribution is 5.94. The van der Waals surface area contributed by atoms with Crippen LogP contribution >= 0.6 is 0 Å². The van der Waals surface area contributed by atoms with Crippen LogP contribution in [0.4, 0.5) is 5.69 Å². The van der Waals surface area contributed by atoms with Gasteiger partial charge in [-0.15, -0.1) is 0 Å². The van der Waals surface area contributed by atoms with Gasteiger partial charge in [-0.1, -0.05) is 12.1 Å². The Morgan fingerprint density at radius 3 is 2.69 bits per heavy atom. The van der Waals surface area contributed by atoms with E-state index in [4.69, 9.17) is 0 Å². The summed E-state index contributed by atoms with van der Waals surface area (Å²) >= 11 is 0. The molecule has 0 heterocycles. The third kappa shape index (κ3) is 4.45. The lowest BCUT2D eigenvalue weighted by atomic mass is 10.1. The molecular weight excluding hydrogens is 200 g/mol. The first kappa shape index (κ1) is 12.7. The van der Waals surface area contributed by atoms with Gasteiger partial charge in [0.1, 0.15) is 0 Å². The topological polar surface area (TPSA) is 41.1 Å². The van der Waals surface area contributed by atoms with E-state index in [-0.39, 0.29) is 5.78 Å². The van der Waals surface area contributed by atoms with E-state index in [0.717, 1.165) is 37.2 Å². The number of anilines is 1. The molecule has 0 aromatic heterocycles. The molecule has 0 amide bonds. The standard InChI is InChI=1S/C13H20N2O/c1-11(16)12-6-5-7-13(10-12)15-9-4-3-8-14-2/h5-7,10,14-15H,3-4,8-9H2,1-2H3. The fourth-order valence-electron chi connectivity index (χ4n) is 1.51. The van der Waals surface area contributed by atoms with Crippen LogP contribution in [0.25, 0.3) is 0 Å². The third-order valence-corrected chi connectivity index (χ3v) is 2.45. The SMILES string of the molecule is CNCCCCNc1cccc(C(C)=O)c1. The molecule has 1 aromatic carbocycles. The molecule has 1 aromatic rings. The summed E-state index contributed by atoms with van der Waals surface area (Å²) in [5.74, 6) is 0.110. The molecule has 0 aliphatic rings. The molecule has 0 spiro atoms. The van der Waals surface area contributed by atoms with E-state index in [1.807, 2.05) is 31.3 Å². The maximum absolute atomic E-state index is 11.2. The number of hydrogen-bond acceptors (Lipinski definition) is 3. The predicted molar refractivity (Wildman–Crippen MR) is 68.1 cm³/mol. The zero-order valence-electron chi connectivity index (χ0n) is 10.0. The Kier molecular flexibility index (Phi) is 5.57. The minimum atomic E-state index is 0.110. The highest BCUT2D eigenvalue weighted by Gasteiger charge is 1.99. The molecule has 3 nitrogen and oxygen atoms in total. The van der Waals surface area contributed by atoms with Gasteiger partial charge in [0, 0.05) is 17.8 Å². The molecule has 88 valence electrons. The highest BCUT2D eigenvalue weighted by Crippen LogP contribution is 2.11. The van der Waals surface area contributed by atoms with Gasteiger partial charge in [-0.25, -0.2) is 0 Å². The third-order valence-electron chi connectivity index (χ3n) is 2.45. The fourth-order valence-corrected chi connectivity index (χ4v) is 1.51. The average molecular weight is 220 g/mol. The van der Waals surface area contributed by atoms with Gasteiger partial charge >= 0.3 is 0 Å². The Hall–Kier alpha value is -1.35. The Bertz CT molecular complexity index is 336. The lowest BCUT2D eigenvalue weighted by Gasteiger charge is -2.07. The molecule has 0 radical (unpaired) electrons. The molecule has 0 unspecified atom stereocenters. The van der Waals surface area contributed by atoms with Gasteiger partial charge in [0.2, 0.25) is 0 Å². The lowest BCUT2D eigenvalue weighted by Crippen LogP contribution is -2.10. The molecule has 0 saturated heterocycles. The predicted octanol–water partition coefficient (Wildman–Crippen LogP) is 2.30. The van der Waals surface area contributed by atoms with Gasteiger partial charge in [-0.05, 0) is 45.5 Å². The van der Waals surface area contributed by atoms with Crippen molar-refractivity contribution in [1.82, 2.24) is 5.32 Å². The summed E-state index contributed by atoms with van der Waals surface area (Å²) in [4.78, 5) is 11.2. The van der Waals surface area contributed by atoms with Gasteiger partial charge in [-0.2, -0.15) is 0 Å². The Balaban J connectivity index is 2.36. The Morgan fingerprint density at radius 2 is 2.00 bits per heavy atom. The molecule has 0 atom stereocenters. The van der Waals surface area contributed by atoms with Crippen LogP contribution in [0.1, 0.15) is 30.1 Å². The van der Waals surface area contributed by atoms with E-state index in [0.29, 0.717) is 0 Å². The van der Waals surface area contributed by atoms with Crippen LogP contribution in [0.3, 0.4) is 0 Å². The van der Waals surface area contributed by atoms with Crippen LogP contribution in [0, 0.1) is 0 Å². The Labute approximate surface area is 97.2 Å². The first-order valence-electron chi connectivity index (χ1n) is 5.73. The van der Waals surface area contributed by atoms with E-state index in [1.165, 1.54) is 0 Å². The molecule has 2 N–H and O–H groups in total. The number of unbranched alkanes of at least 4 members (excludes halogenated alkanes) is 1. The molecule has 0 fully saturated rings. The van der Waals surface area contributed by atoms with Gasteiger partial charge in [-0.3, -0.25) is 4.79 Å². The number of carbonyl (C=O) groups excluding carboxylic acids is 1. The van der Waals surface area contributed by atoms with Crippen LogP contribution in [-0.2, 0) is 0 Å². The number of ketones is 1. The van der Waals surface area contributed by atoms with E-state index >= 15 is 0 Å². The first-order valence-corrected chi connectivity index (χ1v) is 5.73. The smallest absolute Gasteiger partial charge is 0.159 e. The number of rotatable bonds is 7. The van der Waals surface area contributed by atoms with Crippen LogP contribution in [0.2, 0.25) is 0 Å². The minimum Gasteiger partial charge on any atom is -0.385 e. The number of nitrogens with one attached hydrogen (secondary N) is 2. The zero-order valence-corrected chi connectivity index (χ0v) is 10.0. The Morgan fingerprint density at radius 1 is 1.25 bits per heavy atom. The second-order valence-corrected chi connectivity index (χ2v) is 3.87. The van der Waals surface area contributed by atoms with E-state index < -0.39 is 0 Å². The second kappa shape index (κ2) is 7.01. The maximum atomic E-state index is 11.2. The van der Waals surface area contributed by atoms with Crippen LogP contribution in [0.5, 0.6) is 0 Å². The first-order chi connectivity index (χ1) is 7.74. The van der Waals surface area contributed by atoms with Crippen LogP contribution in [-0.4, -0.2) is 25.9 Å². The summed E-state index contributed by atoms with van der Waals surface area (Å²) < 4.78 is 0. The summed E-state index contributed by atoms with van der Waals surface area (Å²) in [6.07, 6.45) is 2.29. The molecule has 3 heteroatoms. The van der Waals surface area contributed by atoms with Crippen LogP contribution in [0.15, 0.2) is 24.3 Å². The number of Topliss-reactive ketones (excluding diaryl/α,β-unsaturated/α-hetero) is 1. The van der Waals surface area contributed by atoms with Gasteiger partial charge in [0.05, 0.1) is 0 Å². The zero-order chi connectivity index (χ0) is 11.8. The molecule has 16 heavy (non-hydrogen) atoms. The summed E-state index contributed by atoms with van der Waals surface area (Å²) in [5, 5.41) is 6.44. The van der Waals surface area contributed by atoms with Gasteiger partial charge < -0.3 is 10.6 Å². The van der Waals surface area contributed by atoms with Gasteiger partial charge in [0.15, 0.2) is 5.78 Å². The second-order valence-electron chi connectivity index (χ2n) is 3.87. The largest absolute Gasteiger partial charge is 0.385 e. The van der Waals surface area contributed by atoms with Crippen LogP contribution < -0.4 is 10.6 Å². The lowest BCUT2D eigenvalue weighted by molar-refractivity contribution is 0.101. The van der Waals surface area contributed by atoms with E-state index in [9.17, 15) is 4.79 Å². The molecule has 0 bridgehead atoms. The number of hydrogen-bond donors (Lipinski definition) is 2. The number of carbonyl (C=O) groups is 1. The van der Waals surface area contributed by atoms with Crippen molar-refractivity contribution in [2.45, 2.75) is 19.8 Å². The molecule has 0 aliphatic carbocycles. The minimum absolute atomic E-state index is 0.110. The van der Waals surface area contributed by atoms with Crippen molar-refractivity contribution in [3.8, 4) is 0 Å². The molecule has 1 rings (SSSR count). The van der Waals surface area contributed by atoms with Gasteiger partial charge in [0.25, 0.3) is 0 Å². The monoisotopic (exact) mass is 220 g/mol. The van der Waals surface area contributed by atoms with Crippen molar-refractivity contribution in [2.75, 3.05) is 25.5 Å². The molecular formula is C13H20N2O. The van der Waals surface area contributed by atoms with Crippen molar-refractivity contribution in [3.63, 3.8) is 0 Å². The highest BCUT2D eigenvalue weighted by atomic mass is 16.1. The van der Waals surface area contributed by atoms with Crippen molar-refractivity contribution in [2.24, 2.45) is 0 Å². The summed E-state index contributed by atoms with van der Waals surface area (Å²) in [5.41, 5.74) is 1.79. The maximum Gasteiger partial charge on any atom is 0.159 e. The molecule has 0 aliphatic heterocycles. The van der Waals surface area contributed by atoms with E-state index in [1.54, 1.807) is 6.92 Å². The van der Waals surface area contributed by atoms with E-state index in [2.05, 4.69) is 10.6 Å². The average Bonchev–Trinajstić information content (AvgIpc) is 2.29. The summed E-state index contributed by atoms with van der Waals surface area (Å²) in [6.45, 7) is 3.59. The molecule has 0 saturated carbocycles. The normalized spacial score (nSPS) is 10.1. The quantitative estimate of drug-likeness (QED) is 0.547. The van der Waals surface area contributed by atoms with Crippen molar-refractivity contribution in [3.05, 3.63) is 29.8 Å². The summed E-state index contributed by atoms with van der Waals surface area (Å²) in [7, 11) is 1.96. The fraction of sp³-hybridized carbons (Fsp3) is 0.462. The van der Waals surface area contributed by atoms with Crippen molar-refractivity contribution < 1.29 is 4.79 Å². The van der Waals surface area contributed by atoms with Crippen molar-refractivity contribution >= 4 is 11.5 Å².